The summed E-state index contributed by atoms with van der Waals surface area (Å²) in [4.78, 5) is 0. The van der Waals surface area contributed by atoms with Gasteiger partial charge >= 0.3 is 0 Å². The van der Waals surface area contributed by atoms with Gasteiger partial charge < -0.3 is 8.80 Å². The van der Waals surface area contributed by atoms with Crippen LogP contribution in [0.15, 0.2) is 170 Å². The minimum atomic E-state index is -0.120. The van der Waals surface area contributed by atoms with Gasteiger partial charge in [-0.25, -0.2) is 0 Å². The zero-order valence-corrected chi connectivity index (χ0v) is 40.5. The highest BCUT2D eigenvalue weighted by molar-refractivity contribution is 7.27. The summed E-state index contributed by atoms with van der Waals surface area (Å²) < 4.78 is 10.7. The highest BCUT2D eigenvalue weighted by Crippen LogP contribution is 2.56. The van der Waals surface area contributed by atoms with Gasteiger partial charge in [-0.2, -0.15) is 0 Å². The van der Waals surface area contributed by atoms with E-state index >= 15 is 0 Å². The molecule has 0 unspecified atom stereocenters. The first-order valence-electron chi connectivity index (χ1n) is 24.7. The molecule has 326 valence electrons. The zero-order valence-electron chi connectivity index (χ0n) is 38.9. The molecular weight excluding hydrogens is 885 g/mol. The molecule has 6 heterocycles. The first kappa shape index (κ1) is 37.2. The average molecular weight is 925 g/mol. The number of para-hydroxylation sites is 1. The summed E-state index contributed by atoms with van der Waals surface area (Å²) in [6.07, 6.45) is 0. The smallest absolute Gasteiger partial charge is 0.0634 e. The van der Waals surface area contributed by atoms with Gasteiger partial charge in [-0.15, -0.1) is 22.7 Å². The molecular formula is C66H40N2S2. The van der Waals surface area contributed by atoms with Crippen LogP contribution in [0.4, 0.5) is 0 Å². The van der Waals surface area contributed by atoms with Gasteiger partial charge in [0.05, 0.1) is 33.1 Å². The molecule has 0 saturated heterocycles. The molecule has 2 nitrogen and oxygen atoms in total. The lowest BCUT2D eigenvalue weighted by molar-refractivity contribution is 0.661. The van der Waals surface area contributed by atoms with Crippen molar-refractivity contribution in [1.29, 1.82) is 0 Å². The third-order valence-corrected chi connectivity index (χ3v) is 19.9. The molecule has 18 rings (SSSR count). The highest BCUT2D eigenvalue weighted by atomic mass is 32.1. The van der Waals surface area contributed by atoms with Crippen LogP contribution in [0, 0.1) is 0 Å². The van der Waals surface area contributed by atoms with Crippen LogP contribution < -0.4 is 0 Å². The molecule has 0 amide bonds. The number of aromatic nitrogens is 2. The summed E-state index contributed by atoms with van der Waals surface area (Å²) in [7, 11) is 0. The molecule has 10 aromatic carbocycles. The lowest BCUT2D eigenvalue weighted by atomic mass is 9.82. The van der Waals surface area contributed by atoms with Gasteiger partial charge in [0.2, 0.25) is 0 Å². The van der Waals surface area contributed by atoms with Crippen LogP contribution in [0.5, 0.6) is 0 Å². The second kappa shape index (κ2) is 12.0. The summed E-state index contributed by atoms with van der Waals surface area (Å²) >= 11 is 3.89. The van der Waals surface area contributed by atoms with Crippen molar-refractivity contribution in [2.75, 3.05) is 0 Å². The lowest BCUT2D eigenvalue weighted by Crippen LogP contribution is -2.14. The number of rotatable bonds is 1. The zero-order chi connectivity index (χ0) is 45.8. The maximum Gasteiger partial charge on any atom is 0.0634 e. The second-order valence-electron chi connectivity index (χ2n) is 21.5. The van der Waals surface area contributed by atoms with Crippen molar-refractivity contribution in [3.8, 4) is 33.4 Å². The number of benzene rings is 10. The lowest BCUT2D eigenvalue weighted by Gasteiger charge is -2.21. The fraction of sp³-hybridized carbons (Fsp3) is 0.0909. The van der Waals surface area contributed by atoms with Crippen LogP contribution in [-0.4, -0.2) is 8.80 Å². The van der Waals surface area contributed by atoms with Crippen molar-refractivity contribution >= 4 is 139 Å². The molecule has 0 spiro atoms. The van der Waals surface area contributed by atoms with Crippen molar-refractivity contribution in [2.45, 2.75) is 38.5 Å². The summed E-state index contributed by atoms with van der Waals surface area (Å²) in [5.74, 6) is 0. The van der Waals surface area contributed by atoms with Crippen molar-refractivity contribution in [2.24, 2.45) is 0 Å². The Morgan fingerprint density at radius 3 is 1.46 bits per heavy atom. The van der Waals surface area contributed by atoms with Gasteiger partial charge in [0.15, 0.2) is 0 Å². The van der Waals surface area contributed by atoms with Gasteiger partial charge in [0.25, 0.3) is 0 Å². The minimum Gasteiger partial charge on any atom is -0.308 e. The second-order valence-corrected chi connectivity index (χ2v) is 23.6. The Balaban J connectivity index is 1.04. The van der Waals surface area contributed by atoms with E-state index in [9.17, 15) is 0 Å². The third kappa shape index (κ3) is 4.09. The van der Waals surface area contributed by atoms with E-state index in [1.165, 1.54) is 172 Å². The monoisotopic (exact) mass is 924 g/mol. The van der Waals surface area contributed by atoms with Crippen LogP contribution in [-0.2, 0) is 10.8 Å². The van der Waals surface area contributed by atoms with Crippen LogP contribution in [0.25, 0.3) is 150 Å². The first-order valence-corrected chi connectivity index (χ1v) is 26.3. The molecule has 0 aliphatic heterocycles. The van der Waals surface area contributed by atoms with Gasteiger partial charge in [-0.3, -0.25) is 0 Å². The Bertz CT molecular complexity index is 4970. The van der Waals surface area contributed by atoms with Crippen LogP contribution >= 0.6 is 22.7 Å². The van der Waals surface area contributed by atoms with Crippen LogP contribution in [0.3, 0.4) is 0 Å². The van der Waals surface area contributed by atoms with Crippen molar-refractivity contribution in [3.63, 3.8) is 0 Å². The fourth-order valence-corrected chi connectivity index (χ4v) is 16.9. The standard InChI is InChI=1S/C66H40N2S2/c1-65(2)49-20-9-5-14-34(49)42-31-54-44(29-51(42)65)46-26-33(27-47-45-30-52-43(32-55(45)67(54)61(46)47)35-15-6-10-21-50(35)66(52,3)4)41-28-48-37-17-8-12-23-57(37)70-64(48)59-40-19-13-18-39-58-53(68(60(39)40)62(41)59)25-24-38-36-16-7-11-22-56(36)69-63(38)58/h5-32H,1-4H3. The predicted molar refractivity (Wildman–Crippen MR) is 302 cm³/mol. The van der Waals surface area contributed by atoms with E-state index in [0.29, 0.717) is 0 Å². The Hall–Kier alpha value is -7.76. The number of nitrogens with zero attached hydrogens (tertiary/aromatic N) is 2. The minimum absolute atomic E-state index is 0.120. The van der Waals surface area contributed by atoms with E-state index in [-0.39, 0.29) is 10.8 Å². The SMILES string of the molecule is CC1(C)c2ccccc2-c2cc3c(cc21)c1cc(-c2cc4c5ccccc5sc4c4c5cccc6c7c8sc9ccccc9c8ccc7n(c24)c65)cc2c4cc5c(cc4n3c12)-c1ccccc1C5(C)C. The molecule has 0 fully saturated rings. The van der Waals surface area contributed by atoms with E-state index < -0.39 is 0 Å². The number of thiophene rings is 2. The summed E-state index contributed by atoms with van der Waals surface area (Å²) in [6.45, 7) is 9.66. The predicted octanol–water partition coefficient (Wildman–Crippen LogP) is 19.0. The molecule has 16 aromatic rings. The van der Waals surface area contributed by atoms with E-state index in [0.717, 1.165) is 0 Å². The molecule has 4 heteroatoms. The van der Waals surface area contributed by atoms with Crippen molar-refractivity contribution < 1.29 is 0 Å². The number of hydrogen-bond acceptors (Lipinski definition) is 2. The number of fused-ring (bicyclic) bond motifs is 26. The van der Waals surface area contributed by atoms with E-state index in [4.69, 9.17) is 0 Å². The van der Waals surface area contributed by atoms with Gasteiger partial charge in [-0.05, 0) is 111 Å². The Morgan fingerprint density at radius 2 is 0.829 bits per heavy atom. The topological polar surface area (TPSA) is 8.82 Å². The largest absolute Gasteiger partial charge is 0.308 e. The van der Waals surface area contributed by atoms with Crippen molar-refractivity contribution in [1.82, 2.24) is 8.80 Å². The average Bonchev–Trinajstić information content (AvgIpc) is 4.27. The Labute approximate surface area is 409 Å². The molecule has 0 radical (unpaired) electrons. The summed E-state index contributed by atoms with van der Waals surface area (Å²) in [6, 6.07) is 66.0. The van der Waals surface area contributed by atoms with Gasteiger partial charge in [-0.1, -0.05) is 137 Å². The molecule has 0 atom stereocenters. The van der Waals surface area contributed by atoms with Crippen LogP contribution in [0.1, 0.15) is 49.9 Å². The van der Waals surface area contributed by atoms with E-state index in [2.05, 4.69) is 206 Å². The molecule has 6 aromatic heterocycles. The summed E-state index contributed by atoms with van der Waals surface area (Å²) in [5.41, 5.74) is 21.2. The molecule has 0 bridgehead atoms. The number of hydrogen-bond donors (Lipinski definition) is 0. The molecule has 0 saturated carbocycles. The molecule has 2 aliphatic rings. The van der Waals surface area contributed by atoms with Crippen LogP contribution in [0.2, 0.25) is 0 Å². The first-order chi connectivity index (χ1) is 34.2. The summed E-state index contributed by atoms with van der Waals surface area (Å²) in [5, 5.41) is 16.0. The third-order valence-electron chi connectivity index (χ3n) is 17.5. The van der Waals surface area contributed by atoms with Gasteiger partial charge in [0.1, 0.15) is 0 Å². The maximum absolute atomic E-state index is 2.66. The van der Waals surface area contributed by atoms with E-state index in [1.54, 1.807) is 0 Å². The quantitative estimate of drug-likeness (QED) is 0.155. The molecule has 0 N–H and O–H groups in total. The maximum atomic E-state index is 2.66. The van der Waals surface area contributed by atoms with Gasteiger partial charge in [0, 0.05) is 99.8 Å². The fourth-order valence-electron chi connectivity index (χ4n) is 14.4. The molecule has 70 heavy (non-hydrogen) atoms. The Morgan fingerprint density at radius 1 is 0.314 bits per heavy atom. The normalized spacial score (nSPS) is 15.1. The van der Waals surface area contributed by atoms with E-state index in [1.807, 2.05) is 22.7 Å². The Kier molecular flexibility index (Phi) is 6.36. The highest BCUT2D eigenvalue weighted by Gasteiger charge is 2.39. The molecule has 2 aliphatic carbocycles. The van der Waals surface area contributed by atoms with Crippen molar-refractivity contribution in [3.05, 3.63) is 192 Å².